The number of halogens is 2. The van der Waals surface area contributed by atoms with Crippen LogP contribution in [0.3, 0.4) is 0 Å². The summed E-state index contributed by atoms with van der Waals surface area (Å²) in [7, 11) is -3.88. The zero-order valence-corrected chi connectivity index (χ0v) is 18.5. The van der Waals surface area contributed by atoms with Gasteiger partial charge in [0.15, 0.2) is 0 Å². The number of benzene rings is 2. The van der Waals surface area contributed by atoms with E-state index in [-0.39, 0.29) is 15.5 Å². The van der Waals surface area contributed by atoms with Crippen LogP contribution in [0.2, 0.25) is 10.0 Å². The number of nitrogens with zero attached hydrogens (tertiary/aromatic N) is 2. The predicted octanol–water partition coefficient (Wildman–Crippen LogP) is 4.45. The molecule has 6 nitrogen and oxygen atoms in total. The Morgan fingerprint density at radius 2 is 1.97 bits per heavy atom. The van der Waals surface area contributed by atoms with Gasteiger partial charge in [-0.15, -0.1) is 4.40 Å². The molecule has 2 aliphatic heterocycles. The van der Waals surface area contributed by atoms with E-state index in [4.69, 9.17) is 23.2 Å². The highest BCUT2D eigenvalue weighted by Crippen LogP contribution is 2.37. The van der Waals surface area contributed by atoms with Crippen molar-refractivity contribution in [1.82, 2.24) is 5.32 Å². The molecule has 4 rings (SSSR count). The summed E-state index contributed by atoms with van der Waals surface area (Å²) in [5, 5.41) is 3.65. The lowest BCUT2D eigenvalue weighted by molar-refractivity contribution is 0.0954. The third-order valence-corrected chi connectivity index (χ3v) is 7.15. The highest BCUT2D eigenvalue weighted by molar-refractivity contribution is 7.90. The minimum Gasteiger partial charge on any atom is -0.352 e. The van der Waals surface area contributed by atoms with Gasteiger partial charge in [-0.3, -0.25) is 4.79 Å². The average Bonchev–Trinajstić information content (AvgIpc) is 2.92. The lowest BCUT2D eigenvalue weighted by atomic mass is 10.1. The van der Waals surface area contributed by atoms with Crippen molar-refractivity contribution in [3.8, 4) is 0 Å². The lowest BCUT2D eigenvalue weighted by Gasteiger charge is -2.30. The van der Waals surface area contributed by atoms with E-state index in [1.54, 1.807) is 12.1 Å². The van der Waals surface area contributed by atoms with Crippen molar-refractivity contribution < 1.29 is 13.2 Å². The molecule has 0 spiro atoms. The van der Waals surface area contributed by atoms with E-state index in [9.17, 15) is 13.2 Å². The highest BCUT2D eigenvalue weighted by atomic mass is 35.5. The van der Waals surface area contributed by atoms with Crippen molar-refractivity contribution in [2.75, 3.05) is 18.0 Å². The maximum Gasteiger partial charge on any atom is 0.286 e. The monoisotopic (exact) mass is 465 g/mol. The minimum atomic E-state index is -3.88. The lowest BCUT2D eigenvalue weighted by Crippen LogP contribution is -2.35. The Bertz CT molecular complexity index is 1130. The van der Waals surface area contributed by atoms with E-state index in [0.717, 1.165) is 24.8 Å². The summed E-state index contributed by atoms with van der Waals surface area (Å²) in [5.41, 5.74) is 1.62. The molecule has 1 saturated heterocycles. The Balaban J connectivity index is 1.57. The van der Waals surface area contributed by atoms with Gasteiger partial charge in [-0.1, -0.05) is 41.8 Å². The van der Waals surface area contributed by atoms with E-state index >= 15 is 0 Å². The van der Waals surface area contributed by atoms with Gasteiger partial charge >= 0.3 is 0 Å². The molecule has 1 fully saturated rings. The van der Waals surface area contributed by atoms with Crippen LogP contribution >= 0.6 is 23.2 Å². The fourth-order valence-corrected chi connectivity index (χ4v) is 5.50. The number of fused-ring (bicyclic) bond motifs is 3. The second kappa shape index (κ2) is 8.57. The smallest absolute Gasteiger partial charge is 0.286 e. The molecule has 2 aromatic carbocycles. The molecule has 158 valence electrons. The summed E-state index contributed by atoms with van der Waals surface area (Å²) in [5.74, 6) is 0.125. The summed E-state index contributed by atoms with van der Waals surface area (Å²) in [6.07, 6.45) is 4.07. The normalized spacial score (nSPS) is 17.4. The van der Waals surface area contributed by atoms with E-state index in [0.29, 0.717) is 42.5 Å². The van der Waals surface area contributed by atoms with Crippen LogP contribution in [-0.2, 0) is 16.4 Å². The molecule has 9 heteroatoms. The molecule has 2 aromatic rings. The van der Waals surface area contributed by atoms with Crippen LogP contribution in [0, 0.1) is 0 Å². The molecule has 1 N–H and O–H groups in total. The van der Waals surface area contributed by atoms with Gasteiger partial charge in [0.05, 0.1) is 16.3 Å². The maximum absolute atomic E-state index is 12.8. The number of hydrogen-bond donors (Lipinski definition) is 1. The molecule has 1 amide bonds. The molecule has 0 aliphatic carbocycles. The average molecular weight is 466 g/mol. The van der Waals surface area contributed by atoms with Crippen molar-refractivity contribution in [2.45, 2.75) is 37.0 Å². The van der Waals surface area contributed by atoms with Crippen LogP contribution in [0.25, 0.3) is 0 Å². The number of hydrogen-bond acceptors (Lipinski definition) is 4. The van der Waals surface area contributed by atoms with Gasteiger partial charge in [0.2, 0.25) is 0 Å². The number of amides is 1. The van der Waals surface area contributed by atoms with Crippen LogP contribution in [0.5, 0.6) is 0 Å². The van der Waals surface area contributed by atoms with Crippen molar-refractivity contribution >= 4 is 50.7 Å². The van der Waals surface area contributed by atoms with Gasteiger partial charge in [0, 0.05) is 24.5 Å². The van der Waals surface area contributed by atoms with Crippen molar-refractivity contribution in [3.63, 3.8) is 0 Å². The maximum atomic E-state index is 12.8. The van der Waals surface area contributed by atoms with Crippen LogP contribution < -0.4 is 10.2 Å². The second-order valence-electron chi connectivity index (χ2n) is 7.38. The van der Waals surface area contributed by atoms with E-state index in [1.807, 2.05) is 23.1 Å². The molecule has 2 heterocycles. The first-order valence-electron chi connectivity index (χ1n) is 9.83. The third kappa shape index (κ3) is 4.33. The Labute approximate surface area is 185 Å². The number of amidine groups is 1. The van der Waals surface area contributed by atoms with Crippen LogP contribution in [-0.4, -0.2) is 33.3 Å². The molecule has 2 aliphatic rings. The zero-order valence-electron chi connectivity index (χ0n) is 16.2. The highest BCUT2D eigenvalue weighted by Gasteiger charge is 2.33. The molecule has 0 bridgehead atoms. The molecular formula is C21H21Cl2N3O3S. The second-order valence-corrected chi connectivity index (χ2v) is 9.80. The van der Waals surface area contributed by atoms with E-state index in [1.165, 1.54) is 6.07 Å². The summed E-state index contributed by atoms with van der Waals surface area (Å²) < 4.78 is 29.5. The third-order valence-electron chi connectivity index (χ3n) is 5.27. The summed E-state index contributed by atoms with van der Waals surface area (Å²) in [6, 6.07) is 10.3. The number of sulfonamides is 1. The molecule has 0 radical (unpaired) electrons. The molecule has 30 heavy (non-hydrogen) atoms. The SMILES string of the molecule is O=C(NCCc1cccc(Cl)c1)c1cc2c(cc1Cl)N1CCCCCC1=NS2(=O)=O. The molecule has 0 aromatic heterocycles. The first-order chi connectivity index (χ1) is 14.3. The van der Waals surface area contributed by atoms with Gasteiger partial charge in [-0.25, -0.2) is 0 Å². The number of carbonyl (C=O) groups is 1. The van der Waals surface area contributed by atoms with Gasteiger partial charge in [0.25, 0.3) is 15.9 Å². The first-order valence-corrected chi connectivity index (χ1v) is 12.0. The van der Waals surface area contributed by atoms with Gasteiger partial charge in [0.1, 0.15) is 10.7 Å². The summed E-state index contributed by atoms with van der Waals surface area (Å²) in [6.45, 7) is 1.05. The number of rotatable bonds is 4. The fourth-order valence-electron chi connectivity index (χ4n) is 3.78. The predicted molar refractivity (Wildman–Crippen MR) is 119 cm³/mol. The van der Waals surface area contributed by atoms with Crippen molar-refractivity contribution in [2.24, 2.45) is 4.40 Å². The Kier molecular flexibility index (Phi) is 6.04. The number of anilines is 1. The fraction of sp³-hybridized carbons (Fsp3) is 0.333. The first kappa shape index (κ1) is 21.2. The summed E-state index contributed by atoms with van der Waals surface area (Å²) >= 11 is 12.4. The summed E-state index contributed by atoms with van der Waals surface area (Å²) in [4.78, 5) is 14.6. The van der Waals surface area contributed by atoms with Crippen molar-refractivity contribution in [3.05, 3.63) is 57.6 Å². The van der Waals surface area contributed by atoms with Crippen LogP contribution in [0.1, 0.15) is 41.6 Å². The molecular weight excluding hydrogens is 445 g/mol. The van der Waals surface area contributed by atoms with E-state index in [2.05, 4.69) is 9.71 Å². The quantitative estimate of drug-likeness (QED) is 0.723. The van der Waals surface area contributed by atoms with Gasteiger partial charge in [-0.05, 0) is 49.1 Å². The topological polar surface area (TPSA) is 78.8 Å². The van der Waals surface area contributed by atoms with Gasteiger partial charge in [-0.2, -0.15) is 8.42 Å². The van der Waals surface area contributed by atoms with E-state index < -0.39 is 15.9 Å². The molecule has 0 unspecified atom stereocenters. The largest absolute Gasteiger partial charge is 0.352 e. The molecule has 0 atom stereocenters. The Hall–Kier alpha value is -2.09. The van der Waals surface area contributed by atoms with Crippen molar-refractivity contribution in [1.29, 1.82) is 0 Å². The standard InChI is InChI=1S/C21H21Cl2N3O3S/c22-15-6-4-5-14(11-15)8-9-24-21(27)16-12-19-18(13-17(16)23)26-10-3-1-2-7-20(26)25-30(19,28)29/h4-6,11-13H,1-3,7-10H2,(H,24,27). The van der Waals surface area contributed by atoms with Gasteiger partial charge < -0.3 is 10.2 Å². The Morgan fingerprint density at radius 3 is 2.77 bits per heavy atom. The van der Waals surface area contributed by atoms with Crippen LogP contribution in [0.15, 0.2) is 45.7 Å². The number of nitrogens with one attached hydrogen (secondary N) is 1. The minimum absolute atomic E-state index is 0.0255. The molecule has 0 saturated carbocycles. The number of carbonyl (C=O) groups excluding carboxylic acids is 1. The van der Waals surface area contributed by atoms with Crippen LogP contribution in [0.4, 0.5) is 5.69 Å². The Morgan fingerprint density at radius 1 is 1.13 bits per heavy atom. The zero-order chi connectivity index (χ0) is 21.3.